The fraction of sp³-hybridized carbons (Fsp3) is 0.419. The van der Waals surface area contributed by atoms with E-state index in [4.69, 9.17) is 14.2 Å². The van der Waals surface area contributed by atoms with Crippen LogP contribution in [0.15, 0.2) is 47.1 Å². The van der Waals surface area contributed by atoms with Crippen molar-refractivity contribution in [1.82, 2.24) is 40.5 Å². The van der Waals surface area contributed by atoms with Crippen molar-refractivity contribution in [3.63, 3.8) is 0 Å². The Morgan fingerprint density at radius 1 is 1.16 bits per heavy atom. The molecule has 0 saturated carbocycles. The van der Waals surface area contributed by atoms with Crippen LogP contribution in [0.25, 0.3) is 33.3 Å². The smallest absolute Gasteiger partial charge is 0.251 e. The van der Waals surface area contributed by atoms with Crippen LogP contribution in [0.5, 0.6) is 0 Å². The molecule has 1 aliphatic rings. The van der Waals surface area contributed by atoms with Crippen LogP contribution in [-0.4, -0.2) is 61.5 Å². The number of hydrogen-bond acceptors (Lipinski definition) is 8. The van der Waals surface area contributed by atoms with Gasteiger partial charge in [0.05, 0.1) is 35.4 Å². The van der Waals surface area contributed by atoms with Gasteiger partial charge in [-0.3, -0.25) is 14.7 Å². The fourth-order valence-electron chi connectivity index (χ4n) is 5.63. The van der Waals surface area contributed by atoms with Gasteiger partial charge in [0, 0.05) is 49.1 Å². The fourth-order valence-corrected chi connectivity index (χ4v) is 5.63. The molecule has 2 amide bonds. The number of amides is 2. The molecule has 0 bridgehead atoms. The van der Waals surface area contributed by atoms with Crippen molar-refractivity contribution < 1.29 is 18.8 Å². The second-order valence-corrected chi connectivity index (χ2v) is 12.1. The van der Waals surface area contributed by atoms with Crippen molar-refractivity contribution in [3.05, 3.63) is 59.9 Å². The summed E-state index contributed by atoms with van der Waals surface area (Å²) in [5.74, 6) is 1.27. The third kappa shape index (κ3) is 6.00. The minimum absolute atomic E-state index is 0.115. The predicted octanol–water partition coefficient (Wildman–Crippen LogP) is 4.34. The van der Waals surface area contributed by atoms with Gasteiger partial charge in [-0.15, -0.1) is 0 Å². The highest BCUT2D eigenvalue weighted by molar-refractivity contribution is 5.98. The molecular formula is C31H36N8O4. The molecule has 1 fully saturated rings. The Hall–Kier alpha value is -4.58. The van der Waals surface area contributed by atoms with Crippen molar-refractivity contribution in [1.29, 1.82) is 0 Å². The summed E-state index contributed by atoms with van der Waals surface area (Å²) in [5, 5.41) is 17.9. The highest BCUT2D eigenvalue weighted by Gasteiger charge is 2.33. The van der Waals surface area contributed by atoms with E-state index in [9.17, 15) is 9.59 Å². The molecule has 1 aliphatic heterocycles. The van der Waals surface area contributed by atoms with Gasteiger partial charge in [-0.2, -0.15) is 10.1 Å². The second kappa shape index (κ2) is 11.6. The predicted molar refractivity (Wildman–Crippen MR) is 160 cm³/mol. The number of carbonyl (C=O) groups excluding carboxylic acids is 2. The number of aromatic amines is 1. The van der Waals surface area contributed by atoms with Gasteiger partial charge in [0.15, 0.2) is 5.82 Å². The van der Waals surface area contributed by atoms with Gasteiger partial charge < -0.3 is 24.5 Å². The van der Waals surface area contributed by atoms with Crippen molar-refractivity contribution in [2.75, 3.05) is 13.7 Å². The lowest BCUT2D eigenvalue weighted by molar-refractivity contribution is -0.122. The molecule has 2 unspecified atom stereocenters. The van der Waals surface area contributed by atoms with Gasteiger partial charge >= 0.3 is 0 Å². The zero-order valence-electron chi connectivity index (χ0n) is 24.8. The van der Waals surface area contributed by atoms with Crippen LogP contribution < -0.4 is 10.6 Å². The van der Waals surface area contributed by atoms with E-state index in [2.05, 4.69) is 56.3 Å². The van der Waals surface area contributed by atoms with Crippen molar-refractivity contribution in [3.8, 4) is 11.4 Å². The van der Waals surface area contributed by atoms with E-state index < -0.39 is 0 Å². The first kappa shape index (κ1) is 28.5. The largest absolute Gasteiger partial charge is 0.378 e. The van der Waals surface area contributed by atoms with E-state index in [-0.39, 0.29) is 42.3 Å². The van der Waals surface area contributed by atoms with Crippen molar-refractivity contribution in [2.45, 2.75) is 65.1 Å². The summed E-state index contributed by atoms with van der Waals surface area (Å²) in [6.07, 6.45) is 4.68. The van der Waals surface area contributed by atoms with Gasteiger partial charge in [0.1, 0.15) is 5.82 Å². The monoisotopic (exact) mass is 584 g/mol. The molecule has 4 heterocycles. The first-order chi connectivity index (χ1) is 20.7. The number of fused-ring (bicyclic) bond motifs is 2. The number of aromatic nitrogens is 6. The van der Waals surface area contributed by atoms with Gasteiger partial charge in [-0.25, -0.2) is 4.98 Å². The van der Waals surface area contributed by atoms with Crippen LogP contribution in [0.3, 0.4) is 0 Å². The highest BCUT2D eigenvalue weighted by atomic mass is 16.5. The van der Waals surface area contributed by atoms with Crippen molar-refractivity contribution >= 4 is 33.8 Å². The average Bonchev–Trinajstić information content (AvgIpc) is 3.80. The third-order valence-electron chi connectivity index (χ3n) is 7.95. The molecule has 0 radical (unpaired) electrons. The normalized spacial score (nSPS) is 16.1. The van der Waals surface area contributed by atoms with E-state index in [1.54, 1.807) is 19.3 Å². The molecule has 43 heavy (non-hydrogen) atoms. The first-order valence-corrected chi connectivity index (χ1v) is 14.6. The number of rotatable bonds is 9. The molecule has 5 aromatic rings. The van der Waals surface area contributed by atoms with E-state index in [1.807, 2.05) is 30.3 Å². The maximum atomic E-state index is 13.5. The Kier molecular flexibility index (Phi) is 7.70. The average molecular weight is 585 g/mol. The summed E-state index contributed by atoms with van der Waals surface area (Å²) in [4.78, 5) is 35.5. The lowest BCUT2D eigenvalue weighted by atomic mass is 9.84. The second-order valence-electron chi connectivity index (χ2n) is 12.1. The SMILES string of the molecule is CNC(=O)c1ccc2nc(-c3ccc4cn[nH]c4c3)n(C(CC(=O)NCc3nc(CC4CCCO4)no3)C(C)(C)C)c2c1. The van der Waals surface area contributed by atoms with E-state index in [0.29, 0.717) is 29.5 Å². The number of nitrogens with one attached hydrogen (secondary N) is 3. The summed E-state index contributed by atoms with van der Waals surface area (Å²) in [6.45, 7) is 7.17. The molecule has 0 aliphatic carbocycles. The molecule has 2 atom stereocenters. The van der Waals surface area contributed by atoms with Crippen LogP contribution in [0, 0.1) is 5.41 Å². The minimum Gasteiger partial charge on any atom is -0.378 e. The number of ether oxygens (including phenoxy) is 1. The van der Waals surface area contributed by atoms with Crippen molar-refractivity contribution in [2.24, 2.45) is 5.41 Å². The topological polar surface area (TPSA) is 153 Å². The summed E-state index contributed by atoms with van der Waals surface area (Å²) in [5.41, 5.74) is 3.40. The van der Waals surface area contributed by atoms with Gasteiger partial charge in [-0.05, 0) is 42.5 Å². The molecule has 6 rings (SSSR count). The lowest BCUT2D eigenvalue weighted by Gasteiger charge is -2.33. The maximum absolute atomic E-state index is 13.5. The Balaban J connectivity index is 1.32. The van der Waals surface area contributed by atoms with Gasteiger partial charge in [0.25, 0.3) is 5.91 Å². The van der Waals surface area contributed by atoms with Crippen LogP contribution in [-0.2, 0) is 22.5 Å². The number of H-pyrrole nitrogens is 1. The Bertz CT molecular complexity index is 1770. The van der Waals surface area contributed by atoms with Crippen LogP contribution in [0.2, 0.25) is 0 Å². The molecule has 3 N–H and O–H groups in total. The quantitative estimate of drug-likeness (QED) is 0.231. The Morgan fingerprint density at radius 2 is 2.02 bits per heavy atom. The molecule has 224 valence electrons. The molecule has 0 spiro atoms. The summed E-state index contributed by atoms with van der Waals surface area (Å²) < 4.78 is 13.1. The lowest BCUT2D eigenvalue weighted by Crippen LogP contribution is -2.32. The Morgan fingerprint density at radius 3 is 2.79 bits per heavy atom. The van der Waals surface area contributed by atoms with Crippen LogP contribution >= 0.6 is 0 Å². The van der Waals surface area contributed by atoms with Crippen LogP contribution in [0.4, 0.5) is 0 Å². The third-order valence-corrected chi connectivity index (χ3v) is 7.95. The summed E-state index contributed by atoms with van der Waals surface area (Å²) in [6, 6.07) is 11.1. The molecule has 2 aromatic carbocycles. The maximum Gasteiger partial charge on any atom is 0.251 e. The molecule has 1 saturated heterocycles. The number of imidazole rings is 1. The summed E-state index contributed by atoms with van der Waals surface area (Å²) >= 11 is 0. The summed E-state index contributed by atoms with van der Waals surface area (Å²) in [7, 11) is 1.60. The molecule has 12 nitrogen and oxygen atoms in total. The highest BCUT2D eigenvalue weighted by Crippen LogP contribution is 2.40. The molecule has 3 aromatic heterocycles. The van der Waals surface area contributed by atoms with E-state index >= 15 is 0 Å². The number of benzene rings is 2. The number of nitrogens with zero attached hydrogens (tertiary/aromatic N) is 5. The van der Waals surface area contributed by atoms with E-state index in [0.717, 1.165) is 46.9 Å². The minimum atomic E-state index is -0.361. The van der Waals surface area contributed by atoms with Crippen LogP contribution in [0.1, 0.15) is 68.1 Å². The number of hydrogen-bond donors (Lipinski definition) is 3. The van der Waals surface area contributed by atoms with E-state index in [1.165, 1.54) is 0 Å². The molecular weight excluding hydrogens is 548 g/mol. The molecule has 12 heteroatoms. The number of carbonyl (C=O) groups is 2. The van der Waals surface area contributed by atoms with Gasteiger partial charge in [0.2, 0.25) is 11.8 Å². The Labute approximate surface area is 248 Å². The zero-order valence-corrected chi connectivity index (χ0v) is 24.8. The zero-order chi connectivity index (χ0) is 30.1. The standard InChI is InChI=1S/C31H36N8O4/c1-31(2,3)25(15-27(40)33-17-28-36-26(38-43-28)14-21-6-5-11-42-21)39-24-13-19(30(41)32-4)9-10-22(24)35-29(39)18-7-8-20-16-34-37-23(20)12-18/h7-10,12-13,16,21,25H,5-6,11,14-15,17H2,1-4H3,(H,32,41)(H,33,40)(H,34,37). The van der Waals surface area contributed by atoms with Gasteiger partial charge in [-0.1, -0.05) is 38.1 Å². The first-order valence-electron chi connectivity index (χ1n) is 14.6.